The van der Waals surface area contributed by atoms with Crippen molar-refractivity contribution in [1.82, 2.24) is 21.3 Å². The lowest BCUT2D eigenvalue weighted by Gasteiger charge is -2.24. The minimum atomic E-state index is -1.36. The molecule has 12 heteroatoms. The van der Waals surface area contributed by atoms with E-state index in [0.29, 0.717) is 0 Å². The third kappa shape index (κ3) is 9.53. The second-order valence-electron chi connectivity index (χ2n) is 7.14. The summed E-state index contributed by atoms with van der Waals surface area (Å²) in [6, 6.07) is 5.59. The molecular weight excluding hydrogens is 422 g/mol. The van der Waals surface area contributed by atoms with Gasteiger partial charge in [-0.3, -0.25) is 24.0 Å². The van der Waals surface area contributed by atoms with Crippen LogP contribution in [0.15, 0.2) is 30.3 Å². The van der Waals surface area contributed by atoms with Crippen molar-refractivity contribution in [2.24, 2.45) is 5.73 Å². The van der Waals surface area contributed by atoms with E-state index < -0.39 is 66.9 Å². The fraction of sp³-hybridized carbons (Fsp3) is 0.450. The van der Waals surface area contributed by atoms with Gasteiger partial charge in [0.2, 0.25) is 23.6 Å². The fourth-order valence-corrected chi connectivity index (χ4v) is 2.55. The van der Waals surface area contributed by atoms with Crippen molar-refractivity contribution in [1.29, 1.82) is 0 Å². The predicted molar refractivity (Wildman–Crippen MR) is 113 cm³/mol. The molecule has 12 nitrogen and oxygen atoms in total. The largest absolute Gasteiger partial charge is 0.480 e. The second-order valence-corrected chi connectivity index (χ2v) is 7.14. The summed E-state index contributed by atoms with van der Waals surface area (Å²) < 4.78 is 0. The number of carboxylic acid groups (broad SMARTS) is 1. The number of aliphatic hydroxyl groups is 1. The molecule has 32 heavy (non-hydrogen) atoms. The van der Waals surface area contributed by atoms with E-state index in [1.807, 2.05) is 6.07 Å². The number of rotatable bonds is 12. The van der Waals surface area contributed by atoms with Gasteiger partial charge in [0.15, 0.2) is 0 Å². The summed E-state index contributed by atoms with van der Waals surface area (Å²) in [6.07, 6.45) is -1.05. The molecule has 8 N–H and O–H groups in total. The Balaban J connectivity index is 2.58. The normalized spacial score (nSPS) is 14.2. The van der Waals surface area contributed by atoms with E-state index in [2.05, 4.69) is 21.3 Å². The fourth-order valence-electron chi connectivity index (χ4n) is 2.55. The number of amides is 4. The molecule has 176 valence electrons. The molecule has 0 bridgehead atoms. The highest BCUT2D eigenvalue weighted by Crippen LogP contribution is 2.03. The number of carboxylic acids is 1. The number of nitrogens with one attached hydrogen (secondary N) is 4. The first-order valence-electron chi connectivity index (χ1n) is 9.85. The van der Waals surface area contributed by atoms with E-state index in [1.54, 1.807) is 24.3 Å². The highest BCUT2D eigenvalue weighted by molar-refractivity contribution is 5.94. The van der Waals surface area contributed by atoms with Crippen molar-refractivity contribution in [2.45, 2.75) is 44.5 Å². The van der Waals surface area contributed by atoms with Gasteiger partial charge in [0.25, 0.3) is 0 Å². The van der Waals surface area contributed by atoms with Crippen LogP contribution < -0.4 is 27.0 Å². The molecular formula is C20H29N5O7. The maximum Gasteiger partial charge on any atom is 0.322 e. The maximum absolute atomic E-state index is 12.5. The Hall–Kier alpha value is -3.51. The van der Waals surface area contributed by atoms with Gasteiger partial charge in [-0.25, -0.2) is 0 Å². The SMILES string of the molecule is C[C@H](NC(=O)[C@@H](NC(=O)[C@@H](N)Cc1ccccc1)[C@@H](C)O)C(=O)NCC(=O)NCC(=O)O. The summed E-state index contributed by atoms with van der Waals surface area (Å²) in [5, 5.41) is 27.4. The van der Waals surface area contributed by atoms with Crippen molar-refractivity contribution in [3.05, 3.63) is 35.9 Å². The topological polar surface area (TPSA) is 200 Å². The van der Waals surface area contributed by atoms with E-state index in [9.17, 15) is 29.1 Å². The lowest BCUT2D eigenvalue weighted by molar-refractivity contribution is -0.138. The molecule has 0 aliphatic heterocycles. The van der Waals surface area contributed by atoms with Gasteiger partial charge in [-0.2, -0.15) is 0 Å². The average molecular weight is 451 g/mol. The first-order chi connectivity index (χ1) is 15.0. The molecule has 4 amide bonds. The Morgan fingerprint density at radius 3 is 2.09 bits per heavy atom. The zero-order valence-corrected chi connectivity index (χ0v) is 17.8. The van der Waals surface area contributed by atoms with Crippen molar-refractivity contribution in [2.75, 3.05) is 13.1 Å². The molecule has 1 aromatic rings. The molecule has 0 fully saturated rings. The first kappa shape index (κ1) is 26.5. The minimum absolute atomic E-state index is 0.226. The van der Waals surface area contributed by atoms with E-state index >= 15 is 0 Å². The van der Waals surface area contributed by atoms with Crippen LogP contribution in [-0.2, 0) is 30.4 Å². The van der Waals surface area contributed by atoms with Crippen molar-refractivity contribution < 1.29 is 34.2 Å². The number of carbonyl (C=O) groups excluding carboxylic acids is 4. The van der Waals surface area contributed by atoms with E-state index in [-0.39, 0.29) is 6.42 Å². The average Bonchev–Trinajstić information content (AvgIpc) is 2.74. The summed E-state index contributed by atoms with van der Waals surface area (Å²) in [5.41, 5.74) is 6.72. The van der Waals surface area contributed by atoms with Crippen LogP contribution in [0.25, 0.3) is 0 Å². The number of hydrogen-bond acceptors (Lipinski definition) is 7. The first-order valence-corrected chi connectivity index (χ1v) is 9.85. The highest BCUT2D eigenvalue weighted by Gasteiger charge is 2.29. The number of aliphatic hydroxyl groups excluding tert-OH is 1. The van der Waals surface area contributed by atoms with Gasteiger partial charge in [-0.15, -0.1) is 0 Å². The predicted octanol–water partition coefficient (Wildman–Crippen LogP) is -2.76. The van der Waals surface area contributed by atoms with Crippen LogP contribution in [0.3, 0.4) is 0 Å². The monoisotopic (exact) mass is 451 g/mol. The van der Waals surface area contributed by atoms with E-state index in [1.165, 1.54) is 13.8 Å². The molecule has 0 radical (unpaired) electrons. The Bertz CT molecular complexity index is 816. The Labute approximate surface area is 184 Å². The Kier molecular flexibility index (Phi) is 10.8. The van der Waals surface area contributed by atoms with Gasteiger partial charge in [0.05, 0.1) is 18.7 Å². The number of hydrogen-bond donors (Lipinski definition) is 7. The molecule has 0 aliphatic carbocycles. The summed E-state index contributed by atoms with van der Waals surface area (Å²) in [6.45, 7) is 1.55. The van der Waals surface area contributed by atoms with E-state index in [4.69, 9.17) is 10.8 Å². The Morgan fingerprint density at radius 2 is 1.53 bits per heavy atom. The summed E-state index contributed by atoms with van der Waals surface area (Å²) in [5.74, 6) is -4.15. The van der Waals surface area contributed by atoms with Crippen molar-refractivity contribution >= 4 is 29.6 Å². The molecule has 0 aromatic heterocycles. The second kappa shape index (κ2) is 13.0. The third-order valence-electron chi connectivity index (χ3n) is 4.31. The summed E-state index contributed by atoms with van der Waals surface area (Å²) >= 11 is 0. The minimum Gasteiger partial charge on any atom is -0.480 e. The lowest BCUT2D eigenvalue weighted by Crippen LogP contribution is -2.59. The van der Waals surface area contributed by atoms with E-state index in [0.717, 1.165) is 5.56 Å². The zero-order valence-electron chi connectivity index (χ0n) is 17.8. The van der Waals surface area contributed by atoms with Crippen LogP contribution in [0.5, 0.6) is 0 Å². The van der Waals surface area contributed by atoms with Gasteiger partial charge >= 0.3 is 5.97 Å². The van der Waals surface area contributed by atoms with Crippen LogP contribution in [0.1, 0.15) is 19.4 Å². The van der Waals surface area contributed by atoms with Crippen LogP contribution in [0.2, 0.25) is 0 Å². The maximum atomic E-state index is 12.5. The lowest BCUT2D eigenvalue weighted by atomic mass is 10.0. The number of aliphatic carboxylic acids is 1. The number of benzene rings is 1. The standard InChI is InChI=1S/C20H29N5O7/c1-11(18(30)23-9-15(27)22-10-16(28)29)24-20(32)17(12(2)26)25-19(31)14(21)8-13-6-4-3-5-7-13/h3-7,11-12,14,17,26H,8-10,21H2,1-2H3,(H,22,27)(H,23,30)(H,24,32)(H,25,31)(H,28,29)/t11-,12+,14-,17-/m0/s1. The van der Waals surface area contributed by atoms with Gasteiger partial charge in [-0.05, 0) is 25.8 Å². The van der Waals surface area contributed by atoms with Crippen LogP contribution in [-0.4, -0.2) is 77.1 Å². The smallest absolute Gasteiger partial charge is 0.322 e. The Morgan fingerprint density at radius 1 is 0.906 bits per heavy atom. The molecule has 0 unspecified atom stereocenters. The van der Waals surface area contributed by atoms with Crippen molar-refractivity contribution in [3.8, 4) is 0 Å². The quantitative estimate of drug-likeness (QED) is 0.177. The number of nitrogens with two attached hydrogens (primary N) is 1. The zero-order chi connectivity index (χ0) is 24.3. The molecule has 1 rings (SSSR count). The summed E-state index contributed by atoms with van der Waals surface area (Å²) in [7, 11) is 0. The number of carbonyl (C=O) groups is 5. The molecule has 1 aromatic carbocycles. The van der Waals surface area contributed by atoms with Crippen LogP contribution in [0, 0.1) is 0 Å². The van der Waals surface area contributed by atoms with Gasteiger partial charge in [-0.1, -0.05) is 30.3 Å². The molecule has 0 heterocycles. The molecule has 0 saturated carbocycles. The van der Waals surface area contributed by atoms with Gasteiger partial charge in [0.1, 0.15) is 18.6 Å². The molecule has 0 saturated heterocycles. The third-order valence-corrected chi connectivity index (χ3v) is 4.31. The van der Waals surface area contributed by atoms with Gasteiger partial charge < -0.3 is 37.2 Å². The van der Waals surface area contributed by atoms with Crippen LogP contribution >= 0.6 is 0 Å². The molecule has 0 aliphatic rings. The van der Waals surface area contributed by atoms with Crippen LogP contribution in [0.4, 0.5) is 0 Å². The molecule has 4 atom stereocenters. The summed E-state index contributed by atoms with van der Waals surface area (Å²) in [4.78, 5) is 58.7. The van der Waals surface area contributed by atoms with Gasteiger partial charge in [0, 0.05) is 0 Å². The highest BCUT2D eigenvalue weighted by atomic mass is 16.4. The molecule has 0 spiro atoms. The van der Waals surface area contributed by atoms with Crippen molar-refractivity contribution in [3.63, 3.8) is 0 Å².